The number of nitrogens with zero attached hydrogens (tertiary/aromatic N) is 1. The Morgan fingerprint density at radius 1 is 1.32 bits per heavy atom. The number of nitrogens with one attached hydrogen (secondary N) is 2. The van der Waals surface area contributed by atoms with Gasteiger partial charge in [0.15, 0.2) is 5.96 Å². The Hall–Kier alpha value is -0.770. The summed E-state index contributed by atoms with van der Waals surface area (Å²) in [5.41, 5.74) is -0.0502. The molecule has 0 bridgehead atoms. The van der Waals surface area contributed by atoms with E-state index >= 15 is 0 Å². The summed E-state index contributed by atoms with van der Waals surface area (Å²) in [6, 6.07) is 0. The minimum Gasteiger partial charge on any atom is -0.392 e. The number of guanidine groups is 1. The Labute approximate surface area is 118 Å². The van der Waals surface area contributed by atoms with E-state index in [1.165, 1.54) is 12.8 Å². The summed E-state index contributed by atoms with van der Waals surface area (Å²) < 4.78 is 0. The summed E-state index contributed by atoms with van der Waals surface area (Å²) >= 11 is 0. The van der Waals surface area contributed by atoms with E-state index < -0.39 is 0 Å². The van der Waals surface area contributed by atoms with Crippen LogP contribution in [0.1, 0.15) is 59.3 Å². The van der Waals surface area contributed by atoms with E-state index in [0.717, 1.165) is 44.7 Å². The maximum absolute atomic E-state index is 10.2. The fraction of sp³-hybridized carbons (Fsp3) is 0.933. The minimum absolute atomic E-state index is 0.0502. The lowest BCUT2D eigenvalue weighted by atomic mass is 9.73. The Bertz CT molecular complexity index is 281. The summed E-state index contributed by atoms with van der Waals surface area (Å²) in [5, 5.41) is 16.8. The monoisotopic (exact) mass is 269 g/mol. The highest BCUT2D eigenvalue weighted by Crippen LogP contribution is 2.36. The van der Waals surface area contributed by atoms with Crippen molar-refractivity contribution in [3.8, 4) is 0 Å². The molecule has 1 aliphatic carbocycles. The molecular weight excluding hydrogens is 238 g/mol. The molecule has 0 aromatic heterocycles. The quantitative estimate of drug-likeness (QED) is 0.394. The van der Waals surface area contributed by atoms with Crippen molar-refractivity contribution in [2.24, 2.45) is 10.4 Å². The van der Waals surface area contributed by atoms with Crippen LogP contribution < -0.4 is 10.6 Å². The number of rotatable bonds is 6. The van der Waals surface area contributed by atoms with Crippen molar-refractivity contribution in [1.29, 1.82) is 0 Å². The summed E-state index contributed by atoms with van der Waals surface area (Å²) in [6.45, 7) is 8.96. The van der Waals surface area contributed by atoms with Crippen molar-refractivity contribution in [1.82, 2.24) is 10.6 Å². The van der Waals surface area contributed by atoms with Crippen molar-refractivity contribution in [3.05, 3.63) is 0 Å². The average molecular weight is 269 g/mol. The van der Waals surface area contributed by atoms with Gasteiger partial charge in [-0.15, -0.1) is 0 Å². The second-order valence-electron chi connectivity index (χ2n) is 5.89. The zero-order chi connectivity index (χ0) is 14.1. The van der Waals surface area contributed by atoms with Crippen LogP contribution in [0.4, 0.5) is 0 Å². The molecule has 0 radical (unpaired) electrons. The van der Waals surface area contributed by atoms with Crippen LogP contribution in [0, 0.1) is 5.41 Å². The van der Waals surface area contributed by atoms with Crippen molar-refractivity contribution in [2.45, 2.75) is 65.4 Å². The van der Waals surface area contributed by atoms with Gasteiger partial charge >= 0.3 is 0 Å². The van der Waals surface area contributed by atoms with Crippen LogP contribution in [-0.2, 0) is 0 Å². The third-order valence-corrected chi connectivity index (χ3v) is 4.05. The highest BCUT2D eigenvalue weighted by Gasteiger charge is 2.35. The first-order valence-electron chi connectivity index (χ1n) is 7.82. The van der Waals surface area contributed by atoms with Gasteiger partial charge in [-0.05, 0) is 26.2 Å². The first-order chi connectivity index (χ1) is 9.12. The number of hydrogen-bond acceptors (Lipinski definition) is 2. The number of aliphatic imine (C=N–C) groups is 1. The molecule has 1 aliphatic rings. The molecule has 1 rings (SSSR count). The predicted molar refractivity (Wildman–Crippen MR) is 81.5 cm³/mol. The molecule has 0 saturated heterocycles. The molecule has 0 heterocycles. The Kier molecular flexibility index (Phi) is 7.21. The maximum atomic E-state index is 10.2. The van der Waals surface area contributed by atoms with Crippen molar-refractivity contribution < 1.29 is 5.11 Å². The van der Waals surface area contributed by atoms with E-state index in [2.05, 4.69) is 36.4 Å². The molecule has 0 aromatic carbocycles. The maximum Gasteiger partial charge on any atom is 0.191 e. The van der Waals surface area contributed by atoms with Crippen LogP contribution in [0.3, 0.4) is 0 Å². The highest BCUT2D eigenvalue weighted by molar-refractivity contribution is 5.79. The highest BCUT2D eigenvalue weighted by atomic mass is 16.3. The van der Waals surface area contributed by atoms with Crippen LogP contribution in [0.15, 0.2) is 4.99 Å². The minimum atomic E-state index is -0.205. The molecular formula is C15H31N3O. The summed E-state index contributed by atoms with van der Waals surface area (Å²) in [4.78, 5) is 4.67. The standard InChI is InChI=1S/C15H31N3O/c1-4-6-11-17-14(16-5-2)18-12-15(3)10-8-7-9-13(15)19/h13,19H,4-12H2,1-3H3,(H2,16,17,18). The van der Waals surface area contributed by atoms with Gasteiger partial charge in [0.25, 0.3) is 0 Å². The second-order valence-corrected chi connectivity index (χ2v) is 5.89. The first-order valence-corrected chi connectivity index (χ1v) is 7.82. The molecule has 112 valence electrons. The van der Waals surface area contributed by atoms with E-state index in [1.54, 1.807) is 0 Å². The number of unbranched alkanes of at least 4 members (excludes halogenated alkanes) is 1. The van der Waals surface area contributed by atoms with Gasteiger partial charge in [0.2, 0.25) is 0 Å². The van der Waals surface area contributed by atoms with E-state index in [9.17, 15) is 5.11 Å². The Morgan fingerprint density at radius 3 is 2.74 bits per heavy atom. The fourth-order valence-corrected chi connectivity index (χ4v) is 2.55. The van der Waals surface area contributed by atoms with Crippen LogP contribution in [0.5, 0.6) is 0 Å². The second kappa shape index (κ2) is 8.41. The molecule has 0 amide bonds. The predicted octanol–water partition coefficient (Wildman–Crippen LogP) is 2.28. The van der Waals surface area contributed by atoms with E-state index in [1.807, 2.05) is 0 Å². The molecule has 4 heteroatoms. The zero-order valence-corrected chi connectivity index (χ0v) is 12.8. The van der Waals surface area contributed by atoms with Crippen LogP contribution in [0.2, 0.25) is 0 Å². The van der Waals surface area contributed by atoms with Crippen LogP contribution in [-0.4, -0.2) is 36.8 Å². The Morgan fingerprint density at radius 2 is 2.11 bits per heavy atom. The van der Waals surface area contributed by atoms with Gasteiger partial charge in [-0.25, -0.2) is 0 Å². The van der Waals surface area contributed by atoms with Crippen LogP contribution in [0.25, 0.3) is 0 Å². The molecule has 0 aromatic rings. The topological polar surface area (TPSA) is 56.7 Å². The number of aliphatic hydroxyl groups excluding tert-OH is 1. The third kappa shape index (κ3) is 5.39. The summed E-state index contributed by atoms with van der Waals surface area (Å²) in [5.74, 6) is 0.884. The lowest BCUT2D eigenvalue weighted by molar-refractivity contribution is 0.00716. The van der Waals surface area contributed by atoms with E-state index in [0.29, 0.717) is 6.54 Å². The van der Waals surface area contributed by atoms with E-state index in [-0.39, 0.29) is 11.5 Å². The van der Waals surface area contributed by atoms with Gasteiger partial charge < -0.3 is 15.7 Å². The molecule has 0 aliphatic heterocycles. The SMILES string of the molecule is CCCCNC(=NCC1(C)CCCCC1O)NCC. The van der Waals surface area contributed by atoms with Gasteiger partial charge in [0.05, 0.1) is 12.6 Å². The lowest BCUT2D eigenvalue weighted by Gasteiger charge is -2.37. The zero-order valence-electron chi connectivity index (χ0n) is 12.8. The largest absolute Gasteiger partial charge is 0.392 e. The molecule has 2 unspecified atom stereocenters. The third-order valence-electron chi connectivity index (χ3n) is 4.05. The van der Waals surface area contributed by atoms with Crippen LogP contribution >= 0.6 is 0 Å². The van der Waals surface area contributed by atoms with Gasteiger partial charge in [0, 0.05) is 18.5 Å². The molecule has 4 nitrogen and oxygen atoms in total. The molecule has 3 N–H and O–H groups in total. The lowest BCUT2D eigenvalue weighted by Crippen LogP contribution is -2.42. The summed E-state index contributed by atoms with van der Waals surface area (Å²) in [6.07, 6.45) is 6.49. The number of hydrogen-bond donors (Lipinski definition) is 3. The molecule has 2 atom stereocenters. The molecule has 0 spiro atoms. The summed E-state index contributed by atoms with van der Waals surface area (Å²) in [7, 11) is 0. The molecule has 1 saturated carbocycles. The molecule has 19 heavy (non-hydrogen) atoms. The fourth-order valence-electron chi connectivity index (χ4n) is 2.55. The van der Waals surface area contributed by atoms with Crippen molar-refractivity contribution in [3.63, 3.8) is 0 Å². The number of aliphatic hydroxyl groups is 1. The van der Waals surface area contributed by atoms with E-state index in [4.69, 9.17) is 0 Å². The first kappa shape index (κ1) is 16.3. The van der Waals surface area contributed by atoms with Gasteiger partial charge in [-0.3, -0.25) is 4.99 Å². The Balaban J connectivity index is 2.52. The normalized spacial score (nSPS) is 28.2. The molecule has 1 fully saturated rings. The van der Waals surface area contributed by atoms with Crippen molar-refractivity contribution >= 4 is 5.96 Å². The smallest absolute Gasteiger partial charge is 0.191 e. The van der Waals surface area contributed by atoms with Crippen molar-refractivity contribution in [2.75, 3.05) is 19.6 Å². The van der Waals surface area contributed by atoms with Gasteiger partial charge in [-0.2, -0.15) is 0 Å². The van der Waals surface area contributed by atoms with Gasteiger partial charge in [-0.1, -0.05) is 33.1 Å². The average Bonchev–Trinajstić information content (AvgIpc) is 2.40. The van der Waals surface area contributed by atoms with Gasteiger partial charge in [0.1, 0.15) is 0 Å².